The number of ether oxygens (including phenoxy) is 2. The fraction of sp³-hybridized carbons (Fsp3) is 0.500. The number of aliphatic carboxylic acids is 2. The van der Waals surface area contributed by atoms with Crippen molar-refractivity contribution in [1.82, 2.24) is 19.5 Å². The van der Waals surface area contributed by atoms with Crippen molar-refractivity contribution >= 4 is 28.9 Å². The first kappa shape index (κ1) is 16.6. The topological polar surface area (TPSA) is 183 Å². The molecule has 4 heterocycles. The molecule has 2 aromatic heterocycles. The zero-order chi connectivity index (χ0) is 18.6. The lowest BCUT2D eigenvalue weighted by molar-refractivity contribution is -0.176. The lowest BCUT2D eigenvalue weighted by Gasteiger charge is -2.26. The van der Waals surface area contributed by atoms with E-state index >= 15 is 0 Å². The average molecular weight is 365 g/mol. The summed E-state index contributed by atoms with van der Waals surface area (Å²) < 4.78 is 12.7. The molecule has 0 bridgehead atoms. The number of rotatable bonds is 4. The van der Waals surface area contributed by atoms with E-state index < -0.39 is 48.5 Å². The molecule has 5 atom stereocenters. The van der Waals surface area contributed by atoms with Crippen molar-refractivity contribution in [1.29, 1.82) is 0 Å². The molecule has 2 aromatic rings. The zero-order valence-corrected chi connectivity index (χ0v) is 13.2. The molecule has 2 fully saturated rings. The lowest BCUT2D eigenvalue weighted by atomic mass is 9.94. The van der Waals surface area contributed by atoms with Crippen molar-refractivity contribution in [2.24, 2.45) is 0 Å². The maximum atomic E-state index is 11.5. The van der Waals surface area contributed by atoms with Crippen molar-refractivity contribution in [3.63, 3.8) is 0 Å². The quantitative estimate of drug-likeness (QED) is 0.508. The molecule has 0 aromatic carbocycles. The van der Waals surface area contributed by atoms with Gasteiger partial charge < -0.3 is 30.5 Å². The molecule has 5 N–H and O–H groups in total. The van der Waals surface area contributed by atoms with Crippen molar-refractivity contribution in [3.05, 3.63) is 12.7 Å². The second-order valence-electron chi connectivity index (χ2n) is 6.30. The number of imidazole rings is 1. The Hall–Kier alpha value is -2.83. The van der Waals surface area contributed by atoms with Gasteiger partial charge in [-0.3, -0.25) is 9.36 Å². The molecular weight excluding hydrogens is 350 g/mol. The molecule has 2 aliphatic rings. The molecule has 2 aliphatic heterocycles. The molecule has 0 unspecified atom stereocenters. The van der Waals surface area contributed by atoms with Crippen LogP contribution in [0, 0.1) is 0 Å². The van der Waals surface area contributed by atoms with E-state index in [4.69, 9.17) is 20.3 Å². The summed E-state index contributed by atoms with van der Waals surface area (Å²) in [6.07, 6.45) is -2.26. The summed E-state index contributed by atoms with van der Waals surface area (Å²) in [6, 6.07) is 0. The van der Waals surface area contributed by atoms with Crippen LogP contribution in [0.5, 0.6) is 0 Å². The Bertz CT molecular complexity index is 901. The first-order valence-corrected chi connectivity index (χ1v) is 7.72. The van der Waals surface area contributed by atoms with Crippen molar-refractivity contribution in [3.8, 4) is 0 Å². The van der Waals surface area contributed by atoms with Crippen LogP contribution in [0.2, 0.25) is 0 Å². The van der Waals surface area contributed by atoms with E-state index in [2.05, 4.69) is 15.0 Å². The van der Waals surface area contributed by atoms with Crippen LogP contribution in [0.25, 0.3) is 11.2 Å². The van der Waals surface area contributed by atoms with E-state index in [1.807, 2.05) is 0 Å². The minimum absolute atomic E-state index is 0.170. The number of nitrogens with two attached hydrogens (primary N) is 1. The first-order valence-electron chi connectivity index (χ1n) is 7.72. The first-order chi connectivity index (χ1) is 12.3. The largest absolute Gasteiger partial charge is 0.481 e. The fourth-order valence-electron chi connectivity index (χ4n) is 3.52. The Morgan fingerprint density at radius 1 is 1.35 bits per heavy atom. The van der Waals surface area contributed by atoms with Gasteiger partial charge >= 0.3 is 11.9 Å². The number of fused-ring (bicyclic) bond motifs is 2. The van der Waals surface area contributed by atoms with E-state index in [1.165, 1.54) is 17.2 Å². The maximum Gasteiger partial charge on any atom is 0.336 e. The summed E-state index contributed by atoms with van der Waals surface area (Å²) in [7, 11) is 0. The number of nitrogens with zero attached hydrogens (tertiary/aromatic N) is 4. The summed E-state index contributed by atoms with van der Waals surface area (Å²) in [5.41, 5.74) is 4.48. The number of hydrogen-bond donors (Lipinski definition) is 4. The summed E-state index contributed by atoms with van der Waals surface area (Å²) in [6.45, 7) is 0. The van der Waals surface area contributed by atoms with Crippen molar-refractivity contribution in [2.45, 2.75) is 43.0 Å². The molecule has 2 saturated heterocycles. The average Bonchev–Trinajstić information content (AvgIpc) is 3.21. The van der Waals surface area contributed by atoms with Gasteiger partial charge in [0, 0.05) is 6.42 Å². The van der Waals surface area contributed by atoms with E-state index in [9.17, 15) is 19.8 Å². The molecule has 4 rings (SSSR count). The van der Waals surface area contributed by atoms with Gasteiger partial charge in [-0.05, 0) is 0 Å². The van der Waals surface area contributed by atoms with E-state index in [1.54, 1.807) is 0 Å². The van der Waals surface area contributed by atoms with Crippen molar-refractivity contribution in [2.75, 3.05) is 5.73 Å². The lowest BCUT2D eigenvalue weighted by Crippen LogP contribution is -2.43. The molecule has 0 spiro atoms. The molecule has 138 valence electrons. The van der Waals surface area contributed by atoms with Crippen LogP contribution in [-0.2, 0) is 19.1 Å². The number of aliphatic hydroxyl groups is 1. The predicted molar refractivity (Wildman–Crippen MR) is 81.8 cm³/mol. The van der Waals surface area contributed by atoms with Crippen LogP contribution < -0.4 is 5.73 Å². The summed E-state index contributed by atoms with van der Waals surface area (Å²) in [4.78, 5) is 34.6. The molecule has 12 nitrogen and oxygen atoms in total. The van der Waals surface area contributed by atoms with Crippen molar-refractivity contribution < 1.29 is 34.4 Å². The number of carboxylic acid groups (broad SMARTS) is 2. The Morgan fingerprint density at radius 3 is 2.77 bits per heavy atom. The number of carbonyl (C=O) groups is 2. The maximum absolute atomic E-state index is 11.5. The molecule has 26 heavy (non-hydrogen) atoms. The van der Waals surface area contributed by atoms with Gasteiger partial charge in [-0.15, -0.1) is 0 Å². The van der Waals surface area contributed by atoms with Gasteiger partial charge in [0.25, 0.3) is 0 Å². The highest BCUT2D eigenvalue weighted by molar-refractivity contribution is 5.84. The van der Waals surface area contributed by atoms with Crippen LogP contribution >= 0.6 is 0 Å². The molecule has 0 radical (unpaired) electrons. The monoisotopic (exact) mass is 365 g/mol. The van der Waals surface area contributed by atoms with Gasteiger partial charge in [0.05, 0.1) is 18.9 Å². The van der Waals surface area contributed by atoms with Crippen LogP contribution in [0.15, 0.2) is 12.7 Å². The minimum Gasteiger partial charge on any atom is -0.481 e. The smallest absolute Gasteiger partial charge is 0.336 e. The van der Waals surface area contributed by atoms with Crippen LogP contribution in [0.4, 0.5) is 5.82 Å². The van der Waals surface area contributed by atoms with Gasteiger partial charge in [-0.25, -0.2) is 19.7 Å². The van der Waals surface area contributed by atoms with E-state index in [0.29, 0.717) is 11.2 Å². The number of aliphatic hydroxyl groups excluding tert-OH is 1. The molecule has 0 aliphatic carbocycles. The summed E-state index contributed by atoms with van der Waals surface area (Å²) in [5.74, 6) is -2.55. The molecule has 12 heteroatoms. The van der Waals surface area contributed by atoms with Gasteiger partial charge in [-0.2, -0.15) is 0 Å². The second-order valence-corrected chi connectivity index (χ2v) is 6.30. The third kappa shape index (κ3) is 2.30. The SMILES string of the molecule is Nc1ncnc2c1ncn2[C@@H]1O[C@@H]2C[C@](CC(=O)O)(C(=O)O)O[C@H]2[C@H]1O. The number of nitrogen functional groups attached to an aromatic ring is 1. The van der Waals surface area contributed by atoms with Gasteiger partial charge in [0.2, 0.25) is 0 Å². The Labute approximate surface area is 145 Å². The molecule has 0 amide bonds. The second kappa shape index (κ2) is 5.59. The van der Waals surface area contributed by atoms with Crippen LogP contribution in [-0.4, -0.2) is 70.7 Å². The van der Waals surface area contributed by atoms with Gasteiger partial charge in [0.15, 0.2) is 23.3 Å². The van der Waals surface area contributed by atoms with Crippen LogP contribution in [0.1, 0.15) is 19.1 Å². The number of anilines is 1. The zero-order valence-electron chi connectivity index (χ0n) is 13.2. The third-order valence-corrected chi connectivity index (χ3v) is 4.69. The van der Waals surface area contributed by atoms with Crippen LogP contribution in [0.3, 0.4) is 0 Å². The molecule has 0 saturated carbocycles. The fourth-order valence-corrected chi connectivity index (χ4v) is 3.52. The highest BCUT2D eigenvalue weighted by Gasteiger charge is 2.60. The highest BCUT2D eigenvalue weighted by Crippen LogP contribution is 2.45. The minimum atomic E-state index is -1.93. The predicted octanol–water partition coefficient (Wildman–Crippen LogP) is -1.25. The summed E-state index contributed by atoms with van der Waals surface area (Å²) >= 11 is 0. The Balaban J connectivity index is 1.63. The van der Waals surface area contributed by atoms with Gasteiger partial charge in [0.1, 0.15) is 24.1 Å². The standard InChI is InChI=1S/C14H15N5O7/c15-10-7-11(17-3-16-10)19(4-18-7)12-8(22)9-5(25-12)1-14(26-9,13(23)24)2-6(20)21/h3-5,8-9,12,22H,1-2H2,(H,20,21)(H,23,24)(H2,15,16,17)/t5-,8-,9-,12-,14+/m1/s1. The summed E-state index contributed by atoms with van der Waals surface area (Å²) in [5, 5.41) is 29.0. The Kier molecular flexibility index (Phi) is 3.57. The van der Waals surface area contributed by atoms with E-state index in [0.717, 1.165) is 0 Å². The number of hydrogen-bond acceptors (Lipinski definition) is 9. The number of aromatic nitrogens is 4. The van der Waals surface area contributed by atoms with Gasteiger partial charge in [-0.1, -0.05) is 0 Å². The normalized spacial score (nSPS) is 33.4. The third-order valence-electron chi connectivity index (χ3n) is 4.69. The number of carboxylic acids is 2. The highest BCUT2D eigenvalue weighted by atomic mass is 16.6. The Morgan fingerprint density at radius 2 is 2.12 bits per heavy atom. The molecular formula is C14H15N5O7. The van der Waals surface area contributed by atoms with E-state index in [-0.39, 0.29) is 12.2 Å².